The maximum Gasteiger partial charge on any atom is 0.145 e. The summed E-state index contributed by atoms with van der Waals surface area (Å²) in [6.45, 7) is 1.87. The van der Waals surface area contributed by atoms with Gasteiger partial charge in [0.2, 0.25) is 0 Å². The van der Waals surface area contributed by atoms with Gasteiger partial charge in [-0.3, -0.25) is 0 Å². The van der Waals surface area contributed by atoms with Crippen LogP contribution in [0.15, 0.2) is 28.4 Å². The third-order valence-electron chi connectivity index (χ3n) is 3.12. The summed E-state index contributed by atoms with van der Waals surface area (Å²) < 4.78 is 0. The lowest BCUT2D eigenvalue weighted by Crippen LogP contribution is -2.08. The molecule has 2 rings (SSSR count). The zero-order chi connectivity index (χ0) is 11.4. The number of azo groups is 1. The van der Waals surface area contributed by atoms with Gasteiger partial charge in [0.1, 0.15) is 11.4 Å². The van der Waals surface area contributed by atoms with Crippen molar-refractivity contribution in [3.05, 3.63) is 23.8 Å². The first-order valence-corrected chi connectivity index (χ1v) is 5.97. The minimum atomic E-state index is 0.252. The van der Waals surface area contributed by atoms with E-state index >= 15 is 0 Å². The highest BCUT2D eigenvalue weighted by Crippen LogP contribution is 2.30. The van der Waals surface area contributed by atoms with Crippen molar-refractivity contribution in [1.29, 1.82) is 0 Å². The van der Waals surface area contributed by atoms with Crippen molar-refractivity contribution < 1.29 is 5.11 Å². The predicted octanol–water partition coefficient (Wildman–Crippen LogP) is 4.12. The number of hydrogen-bond donors (Lipinski definition) is 1. The smallest absolute Gasteiger partial charge is 0.145 e. The molecule has 1 N–H and O–H groups in total. The Labute approximate surface area is 96.2 Å². The molecule has 0 heterocycles. The molecular weight excluding hydrogens is 200 g/mol. The van der Waals surface area contributed by atoms with Crippen LogP contribution in [0.4, 0.5) is 5.69 Å². The van der Waals surface area contributed by atoms with Crippen LogP contribution < -0.4 is 0 Å². The molecule has 1 aliphatic rings. The van der Waals surface area contributed by atoms with Gasteiger partial charge in [-0.1, -0.05) is 31.4 Å². The van der Waals surface area contributed by atoms with Crippen LogP contribution in [0, 0.1) is 6.92 Å². The molecule has 0 aliphatic heterocycles. The monoisotopic (exact) mass is 218 g/mol. The number of benzene rings is 1. The van der Waals surface area contributed by atoms with Gasteiger partial charge in [-0.25, -0.2) is 0 Å². The van der Waals surface area contributed by atoms with E-state index in [2.05, 4.69) is 10.2 Å². The number of rotatable bonds is 2. The summed E-state index contributed by atoms with van der Waals surface area (Å²) in [6.07, 6.45) is 6.10. The number of phenols is 1. The van der Waals surface area contributed by atoms with E-state index in [1.165, 1.54) is 19.3 Å². The van der Waals surface area contributed by atoms with Gasteiger partial charge in [0.15, 0.2) is 0 Å². The molecular formula is C13H18N2O. The number of phenolic OH excluding ortho intramolecular Hbond substituents is 1. The Hall–Kier alpha value is -1.38. The molecule has 16 heavy (non-hydrogen) atoms. The highest BCUT2D eigenvalue weighted by molar-refractivity contribution is 5.54. The number of para-hydroxylation sites is 1. The summed E-state index contributed by atoms with van der Waals surface area (Å²) >= 11 is 0. The van der Waals surface area contributed by atoms with Gasteiger partial charge < -0.3 is 5.11 Å². The van der Waals surface area contributed by atoms with Gasteiger partial charge in [0.05, 0.1) is 6.04 Å². The van der Waals surface area contributed by atoms with E-state index in [4.69, 9.17) is 0 Å². The molecule has 86 valence electrons. The maximum atomic E-state index is 9.77. The summed E-state index contributed by atoms with van der Waals surface area (Å²) in [5.74, 6) is 0.252. The molecule has 0 amide bonds. The molecule has 0 saturated heterocycles. The van der Waals surface area contributed by atoms with Crippen LogP contribution in [-0.4, -0.2) is 11.1 Å². The Morgan fingerprint density at radius 2 is 1.94 bits per heavy atom. The van der Waals surface area contributed by atoms with Crippen molar-refractivity contribution in [1.82, 2.24) is 0 Å². The Bertz CT molecular complexity index is 382. The maximum absolute atomic E-state index is 9.77. The quantitative estimate of drug-likeness (QED) is 0.746. The molecule has 0 radical (unpaired) electrons. The fourth-order valence-electron chi connectivity index (χ4n) is 2.06. The summed E-state index contributed by atoms with van der Waals surface area (Å²) in [4.78, 5) is 0. The van der Waals surface area contributed by atoms with Crippen molar-refractivity contribution in [3.8, 4) is 5.75 Å². The third-order valence-corrected chi connectivity index (χ3v) is 3.12. The number of aromatic hydroxyl groups is 1. The Morgan fingerprint density at radius 1 is 1.19 bits per heavy atom. The van der Waals surface area contributed by atoms with Crippen molar-refractivity contribution in [2.24, 2.45) is 10.2 Å². The molecule has 1 aromatic rings. The van der Waals surface area contributed by atoms with E-state index in [1.807, 2.05) is 19.1 Å². The molecule has 3 nitrogen and oxygen atoms in total. The second kappa shape index (κ2) is 5.10. The molecule has 0 atom stereocenters. The minimum Gasteiger partial charge on any atom is -0.505 e. The van der Waals surface area contributed by atoms with Crippen molar-refractivity contribution in [2.45, 2.75) is 45.1 Å². The van der Waals surface area contributed by atoms with E-state index in [0.29, 0.717) is 11.7 Å². The zero-order valence-electron chi connectivity index (χ0n) is 9.69. The van der Waals surface area contributed by atoms with E-state index < -0.39 is 0 Å². The summed E-state index contributed by atoms with van der Waals surface area (Å²) in [5, 5.41) is 18.3. The highest BCUT2D eigenvalue weighted by atomic mass is 16.3. The average Bonchev–Trinajstić information content (AvgIpc) is 2.32. The van der Waals surface area contributed by atoms with E-state index in [-0.39, 0.29) is 5.75 Å². The molecule has 0 unspecified atom stereocenters. The normalized spacial score (nSPS) is 18.1. The van der Waals surface area contributed by atoms with E-state index in [0.717, 1.165) is 18.4 Å². The van der Waals surface area contributed by atoms with Gasteiger partial charge in [-0.15, -0.1) is 0 Å². The zero-order valence-corrected chi connectivity index (χ0v) is 9.69. The summed E-state index contributed by atoms with van der Waals surface area (Å²) in [6, 6.07) is 5.92. The van der Waals surface area contributed by atoms with E-state index in [1.54, 1.807) is 6.07 Å². The molecule has 1 aromatic carbocycles. The second-order valence-corrected chi connectivity index (χ2v) is 4.45. The standard InChI is InChI=1S/C13H18N2O/c1-10-6-5-9-12(13(10)16)15-14-11-7-3-2-4-8-11/h5-6,9,11,16H,2-4,7-8H2,1H3. The molecule has 0 spiro atoms. The first kappa shape index (κ1) is 11.1. The molecule has 0 bridgehead atoms. The van der Waals surface area contributed by atoms with Gasteiger partial charge in [-0.05, 0) is 31.4 Å². The van der Waals surface area contributed by atoms with Crippen LogP contribution in [0.5, 0.6) is 5.75 Å². The van der Waals surface area contributed by atoms with Gasteiger partial charge in [0.25, 0.3) is 0 Å². The van der Waals surface area contributed by atoms with Gasteiger partial charge >= 0.3 is 0 Å². The Kier molecular flexibility index (Phi) is 3.54. The number of aryl methyl sites for hydroxylation is 1. The van der Waals surface area contributed by atoms with Crippen LogP contribution in [0.1, 0.15) is 37.7 Å². The lowest BCUT2D eigenvalue weighted by Gasteiger charge is -2.15. The van der Waals surface area contributed by atoms with Crippen molar-refractivity contribution >= 4 is 5.69 Å². The summed E-state index contributed by atoms with van der Waals surface area (Å²) in [7, 11) is 0. The third kappa shape index (κ3) is 2.60. The van der Waals surface area contributed by atoms with Crippen LogP contribution in [0.25, 0.3) is 0 Å². The first-order valence-electron chi connectivity index (χ1n) is 5.97. The fraction of sp³-hybridized carbons (Fsp3) is 0.538. The van der Waals surface area contributed by atoms with Crippen molar-refractivity contribution in [2.75, 3.05) is 0 Å². The molecule has 1 aliphatic carbocycles. The van der Waals surface area contributed by atoms with Crippen molar-refractivity contribution in [3.63, 3.8) is 0 Å². The molecule has 3 heteroatoms. The lowest BCUT2D eigenvalue weighted by atomic mass is 9.96. The first-order chi connectivity index (χ1) is 7.77. The Morgan fingerprint density at radius 3 is 2.69 bits per heavy atom. The fourth-order valence-corrected chi connectivity index (χ4v) is 2.06. The van der Waals surface area contributed by atoms with Crippen LogP contribution in [0.2, 0.25) is 0 Å². The number of nitrogens with zero attached hydrogens (tertiary/aromatic N) is 2. The molecule has 1 saturated carbocycles. The molecule has 0 aromatic heterocycles. The SMILES string of the molecule is Cc1cccc(N=NC2CCCCC2)c1O. The Balaban J connectivity index is 2.07. The largest absolute Gasteiger partial charge is 0.505 e. The molecule has 1 fully saturated rings. The predicted molar refractivity (Wildman–Crippen MR) is 64.2 cm³/mol. The number of hydrogen-bond acceptors (Lipinski definition) is 3. The van der Waals surface area contributed by atoms with Gasteiger partial charge in [-0.2, -0.15) is 10.2 Å². The van der Waals surface area contributed by atoms with Crippen LogP contribution >= 0.6 is 0 Å². The second-order valence-electron chi connectivity index (χ2n) is 4.45. The van der Waals surface area contributed by atoms with Gasteiger partial charge in [0, 0.05) is 0 Å². The summed E-state index contributed by atoms with van der Waals surface area (Å²) in [5.41, 5.74) is 1.44. The van der Waals surface area contributed by atoms with Crippen LogP contribution in [-0.2, 0) is 0 Å². The topological polar surface area (TPSA) is 45.0 Å². The average molecular weight is 218 g/mol. The lowest BCUT2D eigenvalue weighted by molar-refractivity contribution is 0.430. The highest BCUT2D eigenvalue weighted by Gasteiger charge is 2.12. The van der Waals surface area contributed by atoms with E-state index in [9.17, 15) is 5.11 Å². The minimum absolute atomic E-state index is 0.252. The van der Waals surface area contributed by atoms with Crippen LogP contribution in [0.3, 0.4) is 0 Å².